The zero-order valence-corrected chi connectivity index (χ0v) is 17.4. The molecule has 3 N–H and O–H groups in total. The maximum absolute atomic E-state index is 14.3. The molecule has 0 spiro atoms. The number of halogens is 5. The number of benzene rings is 1. The van der Waals surface area contributed by atoms with Crippen molar-refractivity contribution in [1.82, 2.24) is 15.2 Å². The Morgan fingerprint density at radius 3 is 2.66 bits per heavy atom. The summed E-state index contributed by atoms with van der Waals surface area (Å²) in [7, 11) is -5.81. The van der Waals surface area contributed by atoms with Gasteiger partial charge in [-0.3, -0.25) is 9.66 Å². The molecule has 1 saturated carbocycles. The molecule has 0 aliphatic heterocycles. The van der Waals surface area contributed by atoms with Gasteiger partial charge in [0.2, 0.25) is 0 Å². The molecule has 1 atom stereocenters. The van der Waals surface area contributed by atoms with Crippen LogP contribution < -0.4 is 4.74 Å². The Morgan fingerprint density at radius 2 is 2.10 bits per heavy atom. The van der Waals surface area contributed by atoms with Crippen molar-refractivity contribution in [2.24, 2.45) is 5.92 Å². The summed E-state index contributed by atoms with van der Waals surface area (Å²) in [6.07, 6.45) is 0.966. The lowest BCUT2D eigenvalue weighted by Gasteiger charge is -2.16. The number of aromatic nitrogens is 3. The molecule has 0 amide bonds. The summed E-state index contributed by atoms with van der Waals surface area (Å²) in [5.41, 5.74) is -4.10. The normalized spacial score (nSPS) is 18.9. The summed E-state index contributed by atoms with van der Waals surface area (Å²) in [6.45, 7) is -0.334. The van der Waals surface area contributed by atoms with Gasteiger partial charge in [0, 0.05) is 21.8 Å². The Morgan fingerprint density at radius 1 is 1.41 bits per heavy atom. The molecule has 1 fully saturated rings. The second-order valence-electron chi connectivity index (χ2n) is 6.48. The highest BCUT2D eigenvalue weighted by molar-refractivity contribution is 9.10. The molecule has 14 heteroatoms. The van der Waals surface area contributed by atoms with Crippen LogP contribution in [0, 0.1) is 5.92 Å². The number of nitrogens with one attached hydrogen (secondary N) is 1. The zero-order valence-electron chi connectivity index (χ0n) is 14.1. The van der Waals surface area contributed by atoms with Gasteiger partial charge < -0.3 is 14.5 Å². The van der Waals surface area contributed by atoms with E-state index in [1.807, 2.05) is 0 Å². The lowest BCUT2D eigenvalue weighted by Crippen LogP contribution is -2.12. The van der Waals surface area contributed by atoms with E-state index in [4.69, 9.17) is 14.5 Å². The third kappa shape index (κ3) is 3.59. The summed E-state index contributed by atoms with van der Waals surface area (Å²) in [4.78, 5) is 21.2. The molecule has 4 rings (SSSR count). The minimum absolute atomic E-state index is 0.0171. The van der Waals surface area contributed by atoms with Crippen LogP contribution in [0.1, 0.15) is 11.3 Å². The number of alkyl halides is 4. The van der Waals surface area contributed by atoms with E-state index >= 15 is 0 Å². The molecule has 1 aliphatic carbocycles. The van der Waals surface area contributed by atoms with E-state index in [1.165, 1.54) is 18.5 Å². The minimum Gasteiger partial charge on any atom is -0.492 e. The van der Waals surface area contributed by atoms with Crippen molar-refractivity contribution in [3.8, 4) is 17.1 Å². The molecule has 29 heavy (non-hydrogen) atoms. The fraction of sp³-hybridized carbons (Fsp3) is 0.333. The first-order valence-electron chi connectivity index (χ1n) is 7.98. The smallest absolute Gasteiger partial charge is 0.400 e. The fourth-order valence-electron chi connectivity index (χ4n) is 2.69. The van der Waals surface area contributed by atoms with Crippen LogP contribution >= 0.6 is 34.9 Å². The van der Waals surface area contributed by atoms with Gasteiger partial charge in [0.15, 0.2) is 5.82 Å². The first-order valence-corrected chi connectivity index (χ1v) is 11.2. The van der Waals surface area contributed by atoms with E-state index in [-0.39, 0.29) is 39.2 Å². The Hall–Kier alpha value is -1.53. The van der Waals surface area contributed by atoms with Gasteiger partial charge in [-0.2, -0.15) is 13.9 Å². The number of hydrogen-bond acceptors (Lipinski definition) is 5. The number of thiophene rings is 1. The van der Waals surface area contributed by atoms with Gasteiger partial charge in [-0.1, -0.05) is 0 Å². The molecule has 1 aromatic carbocycles. The van der Waals surface area contributed by atoms with E-state index < -0.39 is 30.0 Å². The molecular formula is C15H11BrF4N3O4PS. The van der Waals surface area contributed by atoms with E-state index in [2.05, 4.69) is 31.1 Å². The third-order valence-electron chi connectivity index (χ3n) is 4.40. The summed E-state index contributed by atoms with van der Waals surface area (Å²) in [5.74, 6) is -3.59. The highest BCUT2D eigenvalue weighted by Crippen LogP contribution is 2.63. The van der Waals surface area contributed by atoms with Gasteiger partial charge >= 0.3 is 13.3 Å². The van der Waals surface area contributed by atoms with E-state index in [0.29, 0.717) is 16.9 Å². The fourth-order valence-corrected chi connectivity index (χ4v) is 5.67. The number of H-pyrrole nitrogens is 1. The highest BCUT2D eigenvalue weighted by atomic mass is 79.9. The van der Waals surface area contributed by atoms with Crippen molar-refractivity contribution in [3.63, 3.8) is 0 Å². The average Bonchev–Trinajstić information content (AvgIpc) is 3.00. The molecule has 0 radical (unpaired) electrons. The molecule has 3 aromatic rings. The molecule has 2 aromatic heterocycles. The lowest BCUT2D eigenvalue weighted by molar-refractivity contribution is 0.0595. The van der Waals surface area contributed by atoms with Crippen LogP contribution in [0.15, 0.2) is 22.9 Å². The largest absolute Gasteiger partial charge is 0.492 e. The summed E-state index contributed by atoms with van der Waals surface area (Å²) in [6, 6.07) is 2.85. The van der Waals surface area contributed by atoms with Gasteiger partial charge in [0.05, 0.1) is 17.2 Å². The second-order valence-corrected chi connectivity index (χ2v) is 9.94. The van der Waals surface area contributed by atoms with Crippen LogP contribution in [0.3, 0.4) is 0 Å². The number of ether oxygens (including phenoxy) is 1. The number of hydrogen-bond donors (Lipinski definition) is 3. The highest BCUT2D eigenvalue weighted by Gasteiger charge is 2.57. The van der Waals surface area contributed by atoms with Gasteiger partial charge in [-0.05, 0) is 28.1 Å². The number of aromatic amines is 1. The number of nitrogens with zero attached hydrogens (tertiary/aromatic N) is 2. The Kier molecular flexibility index (Phi) is 4.82. The van der Waals surface area contributed by atoms with Crippen LogP contribution in [0.4, 0.5) is 17.6 Å². The van der Waals surface area contributed by atoms with Gasteiger partial charge in [-0.25, -0.2) is 13.8 Å². The molecular weight excluding hydrogens is 505 g/mol. The van der Waals surface area contributed by atoms with E-state index in [1.54, 1.807) is 0 Å². The van der Waals surface area contributed by atoms with Crippen molar-refractivity contribution >= 4 is 44.9 Å². The maximum Gasteiger partial charge on any atom is 0.400 e. The maximum atomic E-state index is 14.3. The van der Waals surface area contributed by atoms with Gasteiger partial charge in [0.25, 0.3) is 5.92 Å². The van der Waals surface area contributed by atoms with Crippen molar-refractivity contribution in [1.29, 1.82) is 0 Å². The first kappa shape index (κ1) is 20.7. The topological polar surface area (TPSA) is 108 Å². The standard InChI is InChI=1S/C15H11BrF4N3O4PS/c16-10-8-1-6(13-21-5-22-23-13)2-9(27-4-7-3-14(7,17)18)11(8)29-12(10)15(19,20)28(24,25)26/h1-2,5,7H,3-4H2,(H,21,22,23)(H2,24,25,26). The van der Waals surface area contributed by atoms with Gasteiger partial charge in [-0.15, -0.1) is 11.3 Å². The van der Waals surface area contributed by atoms with Crippen molar-refractivity contribution < 1.29 is 36.7 Å². The van der Waals surface area contributed by atoms with Crippen LogP contribution in [0.25, 0.3) is 21.5 Å². The summed E-state index contributed by atoms with van der Waals surface area (Å²) < 4.78 is 71.7. The van der Waals surface area contributed by atoms with Crippen LogP contribution in [-0.2, 0) is 10.2 Å². The summed E-state index contributed by atoms with van der Waals surface area (Å²) in [5, 5.41) is 6.56. The predicted octanol–water partition coefficient (Wildman–Crippen LogP) is 4.71. The molecule has 0 saturated heterocycles. The third-order valence-corrected chi connectivity index (χ3v) is 7.89. The zero-order chi connectivity index (χ0) is 21.2. The predicted molar refractivity (Wildman–Crippen MR) is 99.4 cm³/mol. The average molecular weight is 516 g/mol. The Balaban J connectivity index is 1.85. The Labute approximate surface area is 172 Å². The molecule has 0 bridgehead atoms. The minimum atomic E-state index is -5.81. The molecule has 1 aliphatic rings. The SMILES string of the molecule is O=P(O)(O)C(F)(F)c1sc2c(OCC3CC3(F)F)cc(-c3nc[nH]n3)cc2c1Br. The van der Waals surface area contributed by atoms with Crippen LogP contribution in [0.2, 0.25) is 0 Å². The number of fused-ring (bicyclic) bond motifs is 1. The molecule has 7 nitrogen and oxygen atoms in total. The lowest BCUT2D eigenvalue weighted by atomic mass is 10.1. The van der Waals surface area contributed by atoms with E-state index in [9.17, 15) is 22.1 Å². The monoisotopic (exact) mass is 515 g/mol. The molecule has 2 heterocycles. The Bertz CT molecular complexity index is 1130. The quantitative estimate of drug-likeness (QED) is 0.324. The number of rotatable bonds is 6. The first-order chi connectivity index (χ1) is 13.4. The van der Waals surface area contributed by atoms with Crippen molar-refractivity contribution in [3.05, 3.63) is 27.8 Å². The van der Waals surface area contributed by atoms with E-state index in [0.717, 1.165) is 0 Å². The van der Waals surface area contributed by atoms with Crippen molar-refractivity contribution in [2.45, 2.75) is 18.0 Å². The second kappa shape index (κ2) is 6.74. The van der Waals surface area contributed by atoms with Crippen LogP contribution in [-0.4, -0.2) is 37.5 Å². The molecule has 156 valence electrons. The van der Waals surface area contributed by atoms with Gasteiger partial charge in [0.1, 0.15) is 17.0 Å². The summed E-state index contributed by atoms with van der Waals surface area (Å²) >= 11 is 3.40. The molecule has 1 unspecified atom stereocenters. The van der Waals surface area contributed by atoms with Crippen LogP contribution in [0.5, 0.6) is 5.75 Å². The van der Waals surface area contributed by atoms with Crippen molar-refractivity contribution in [2.75, 3.05) is 6.61 Å².